The first-order valence-electron chi connectivity index (χ1n) is 9.43. The van der Waals surface area contributed by atoms with Crippen molar-refractivity contribution in [1.29, 1.82) is 0 Å². The fourth-order valence-electron chi connectivity index (χ4n) is 2.66. The van der Waals surface area contributed by atoms with Crippen LogP contribution in [0.3, 0.4) is 0 Å². The summed E-state index contributed by atoms with van der Waals surface area (Å²) < 4.78 is 38.1. The van der Waals surface area contributed by atoms with E-state index < -0.39 is 11.7 Å². The van der Waals surface area contributed by atoms with Crippen LogP contribution in [-0.2, 0) is 12.7 Å². The summed E-state index contributed by atoms with van der Waals surface area (Å²) in [4.78, 5) is 18.3. The van der Waals surface area contributed by atoms with E-state index in [1.54, 1.807) is 11.9 Å². The highest BCUT2D eigenvalue weighted by Gasteiger charge is 2.29. The number of nitrogens with zero attached hydrogens (tertiary/aromatic N) is 2. The second-order valence-corrected chi connectivity index (χ2v) is 6.59. The Hall–Kier alpha value is -2.50. The Morgan fingerprint density at radius 3 is 2.23 bits per heavy atom. The predicted octanol–water partition coefficient (Wildman–Crippen LogP) is 3.86. The van der Waals surface area contributed by atoms with Gasteiger partial charge in [-0.25, -0.2) is 0 Å². The molecule has 0 aliphatic carbocycles. The predicted molar refractivity (Wildman–Crippen MR) is 125 cm³/mol. The van der Waals surface area contributed by atoms with E-state index in [1.165, 1.54) is 36.4 Å². The molecule has 0 heterocycles. The van der Waals surface area contributed by atoms with Crippen molar-refractivity contribution < 1.29 is 23.1 Å². The zero-order valence-corrected chi connectivity index (χ0v) is 19.6. The van der Waals surface area contributed by atoms with Crippen molar-refractivity contribution >= 4 is 35.8 Å². The van der Waals surface area contributed by atoms with Crippen LogP contribution >= 0.6 is 24.0 Å². The Bertz CT molecular complexity index is 856. The van der Waals surface area contributed by atoms with Gasteiger partial charge < -0.3 is 20.6 Å². The second kappa shape index (κ2) is 12.4. The van der Waals surface area contributed by atoms with E-state index >= 15 is 0 Å². The number of phenolic OH excluding ortho intramolecular Hbond substituents is 1. The number of aliphatic imine (C=N–C) groups is 1. The molecule has 2 aromatic carbocycles. The van der Waals surface area contributed by atoms with Crippen LogP contribution in [-0.4, -0.2) is 48.6 Å². The molecule has 2 aromatic rings. The summed E-state index contributed by atoms with van der Waals surface area (Å²) >= 11 is 0. The van der Waals surface area contributed by atoms with E-state index in [4.69, 9.17) is 0 Å². The number of benzene rings is 2. The number of carbonyl (C=O) groups is 1. The molecular formula is C21H26F3IN4O2. The molecule has 0 aliphatic rings. The van der Waals surface area contributed by atoms with Crippen molar-refractivity contribution in [3.63, 3.8) is 0 Å². The molecule has 0 bridgehead atoms. The maximum absolute atomic E-state index is 12.7. The molecule has 31 heavy (non-hydrogen) atoms. The minimum absolute atomic E-state index is 0. The van der Waals surface area contributed by atoms with Crippen molar-refractivity contribution in [3.8, 4) is 5.75 Å². The second-order valence-electron chi connectivity index (χ2n) is 6.59. The lowest BCUT2D eigenvalue weighted by Gasteiger charge is -2.22. The molecule has 0 unspecified atom stereocenters. The summed E-state index contributed by atoms with van der Waals surface area (Å²) in [5, 5.41) is 15.1. The Morgan fingerprint density at radius 1 is 1.06 bits per heavy atom. The van der Waals surface area contributed by atoms with Gasteiger partial charge in [-0.3, -0.25) is 9.79 Å². The Balaban J connectivity index is 0.00000480. The summed E-state index contributed by atoms with van der Waals surface area (Å²) in [6.45, 7) is 3.54. The molecule has 0 saturated carbocycles. The van der Waals surface area contributed by atoms with Crippen LogP contribution in [0, 0.1) is 0 Å². The maximum atomic E-state index is 12.7. The quantitative estimate of drug-likeness (QED) is 0.212. The van der Waals surface area contributed by atoms with Gasteiger partial charge in [0.05, 0.1) is 12.1 Å². The first kappa shape index (κ1) is 26.5. The van der Waals surface area contributed by atoms with Crippen LogP contribution in [0.25, 0.3) is 0 Å². The van der Waals surface area contributed by atoms with Crippen LogP contribution in [0.15, 0.2) is 53.5 Å². The van der Waals surface area contributed by atoms with Gasteiger partial charge in [0.1, 0.15) is 5.75 Å². The minimum Gasteiger partial charge on any atom is -0.508 e. The Morgan fingerprint density at radius 2 is 1.68 bits per heavy atom. The Kier molecular flexibility index (Phi) is 10.6. The number of halogens is 4. The molecule has 10 heteroatoms. The molecule has 0 radical (unpaired) electrons. The maximum Gasteiger partial charge on any atom is 0.416 e. The number of guanidine groups is 1. The van der Waals surface area contributed by atoms with Crippen LogP contribution in [0.2, 0.25) is 0 Å². The van der Waals surface area contributed by atoms with Crippen molar-refractivity contribution in [1.82, 2.24) is 15.5 Å². The number of carbonyl (C=O) groups excluding carboxylic acids is 1. The van der Waals surface area contributed by atoms with Crippen molar-refractivity contribution in [2.24, 2.45) is 4.99 Å². The van der Waals surface area contributed by atoms with Gasteiger partial charge >= 0.3 is 6.18 Å². The largest absolute Gasteiger partial charge is 0.508 e. The first-order valence-corrected chi connectivity index (χ1v) is 9.43. The number of phenols is 1. The molecular weight excluding hydrogens is 524 g/mol. The lowest BCUT2D eigenvalue weighted by Crippen LogP contribution is -2.39. The smallest absolute Gasteiger partial charge is 0.416 e. The van der Waals surface area contributed by atoms with Gasteiger partial charge in [-0.15, -0.1) is 24.0 Å². The van der Waals surface area contributed by atoms with E-state index in [0.717, 1.165) is 17.7 Å². The monoisotopic (exact) mass is 550 g/mol. The van der Waals surface area contributed by atoms with Gasteiger partial charge in [-0.1, -0.05) is 12.1 Å². The molecule has 0 aliphatic heterocycles. The normalized spacial score (nSPS) is 11.5. The molecule has 0 atom stereocenters. The average Bonchev–Trinajstić information content (AvgIpc) is 2.70. The van der Waals surface area contributed by atoms with Gasteiger partial charge in [0, 0.05) is 32.2 Å². The SMILES string of the molecule is CCNC(=NCCNC(=O)c1ccc(O)cc1)N(C)Cc1ccc(C(F)(F)F)cc1.I. The third-order valence-electron chi connectivity index (χ3n) is 4.19. The lowest BCUT2D eigenvalue weighted by atomic mass is 10.1. The Labute approximate surface area is 196 Å². The van der Waals surface area contributed by atoms with Crippen molar-refractivity contribution in [2.75, 3.05) is 26.7 Å². The van der Waals surface area contributed by atoms with Gasteiger partial charge in [-0.2, -0.15) is 13.2 Å². The van der Waals surface area contributed by atoms with Crippen LogP contribution < -0.4 is 10.6 Å². The highest BCUT2D eigenvalue weighted by molar-refractivity contribution is 14.0. The third kappa shape index (κ3) is 8.64. The molecule has 0 saturated heterocycles. The van der Waals surface area contributed by atoms with E-state index in [0.29, 0.717) is 37.7 Å². The van der Waals surface area contributed by atoms with E-state index in [-0.39, 0.29) is 35.6 Å². The highest BCUT2D eigenvalue weighted by Crippen LogP contribution is 2.29. The summed E-state index contributed by atoms with van der Waals surface area (Å²) in [6.07, 6.45) is -4.36. The first-order chi connectivity index (χ1) is 14.2. The summed E-state index contributed by atoms with van der Waals surface area (Å²) in [5.41, 5.74) is 0.471. The molecule has 2 rings (SSSR count). The van der Waals surface area contributed by atoms with Gasteiger partial charge in [0.15, 0.2) is 5.96 Å². The number of amides is 1. The number of rotatable bonds is 7. The lowest BCUT2D eigenvalue weighted by molar-refractivity contribution is -0.137. The number of hydrogen-bond donors (Lipinski definition) is 3. The molecule has 0 fully saturated rings. The van der Waals surface area contributed by atoms with Crippen molar-refractivity contribution in [2.45, 2.75) is 19.6 Å². The zero-order valence-electron chi connectivity index (χ0n) is 17.2. The fraction of sp³-hybridized carbons (Fsp3) is 0.333. The van der Waals surface area contributed by atoms with Gasteiger partial charge in [0.25, 0.3) is 5.91 Å². The van der Waals surface area contributed by atoms with Crippen molar-refractivity contribution in [3.05, 3.63) is 65.2 Å². The third-order valence-corrected chi connectivity index (χ3v) is 4.19. The van der Waals surface area contributed by atoms with Gasteiger partial charge in [0.2, 0.25) is 0 Å². The highest BCUT2D eigenvalue weighted by atomic mass is 127. The fourth-order valence-corrected chi connectivity index (χ4v) is 2.66. The van der Waals surface area contributed by atoms with E-state index in [9.17, 15) is 23.1 Å². The molecule has 3 N–H and O–H groups in total. The number of alkyl halides is 3. The summed E-state index contributed by atoms with van der Waals surface area (Å²) in [5.74, 6) is 0.395. The van der Waals surface area contributed by atoms with Gasteiger partial charge in [-0.05, 0) is 48.9 Å². The van der Waals surface area contributed by atoms with E-state index in [2.05, 4.69) is 15.6 Å². The number of nitrogens with one attached hydrogen (secondary N) is 2. The van der Waals surface area contributed by atoms with Crippen LogP contribution in [0.5, 0.6) is 5.75 Å². The number of aromatic hydroxyl groups is 1. The standard InChI is InChI=1S/C21H25F3N4O2.HI/c1-3-25-20(27-13-12-26-19(30)16-6-10-18(29)11-7-16)28(2)14-15-4-8-17(9-5-15)21(22,23)24;/h4-11,29H,3,12-14H2,1-2H3,(H,25,27)(H,26,30);1H. The average molecular weight is 550 g/mol. The molecule has 0 spiro atoms. The van der Waals surface area contributed by atoms with E-state index in [1.807, 2.05) is 6.92 Å². The summed E-state index contributed by atoms with van der Waals surface area (Å²) in [6, 6.07) is 10.9. The molecule has 6 nitrogen and oxygen atoms in total. The topological polar surface area (TPSA) is 77.0 Å². The van der Waals surface area contributed by atoms with Crippen LogP contribution in [0.1, 0.15) is 28.4 Å². The number of hydrogen-bond acceptors (Lipinski definition) is 3. The summed E-state index contributed by atoms with van der Waals surface area (Å²) in [7, 11) is 1.79. The minimum atomic E-state index is -4.36. The molecule has 1 amide bonds. The molecule has 0 aromatic heterocycles. The zero-order chi connectivity index (χ0) is 22.1. The van der Waals surface area contributed by atoms with Crippen LogP contribution in [0.4, 0.5) is 13.2 Å². The molecule has 170 valence electrons.